The zero-order chi connectivity index (χ0) is 13.5. The summed E-state index contributed by atoms with van der Waals surface area (Å²) >= 11 is 0. The number of hydrogen-bond donors (Lipinski definition) is 2. The molecular weight excluding hydrogens is 224 g/mol. The Hall–Kier alpha value is -1.79. The molecule has 1 amide bonds. The third kappa shape index (κ3) is 3.90. The number of rotatable bonds is 6. The molecule has 1 atom stereocenters. The van der Waals surface area contributed by atoms with Crippen molar-refractivity contribution in [3.63, 3.8) is 0 Å². The lowest BCUT2D eigenvalue weighted by Gasteiger charge is -2.15. The van der Waals surface area contributed by atoms with Gasteiger partial charge in [0.15, 0.2) is 0 Å². The van der Waals surface area contributed by atoms with E-state index in [-0.39, 0.29) is 0 Å². The summed E-state index contributed by atoms with van der Waals surface area (Å²) in [5, 5.41) is 3.42. The van der Waals surface area contributed by atoms with Crippen molar-refractivity contribution in [1.82, 2.24) is 5.32 Å². The lowest BCUT2D eigenvalue weighted by Crippen LogP contribution is -2.27. The van der Waals surface area contributed by atoms with E-state index in [1.165, 1.54) is 0 Å². The van der Waals surface area contributed by atoms with Crippen molar-refractivity contribution in [3.8, 4) is 12.3 Å². The summed E-state index contributed by atoms with van der Waals surface area (Å²) in [6.07, 6.45) is 7.05. The number of carbonyl (C=O) groups is 1. The summed E-state index contributed by atoms with van der Waals surface area (Å²) in [5.74, 6) is 2.28. The molecule has 0 bridgehead atoms. The number of nitrogens with one attached hydrogen (secondary N) is 1. The second kappa shape index (κ2) is 6.83. The molecule has 1 aromatic carbocycles. The van der Waals surface area contributed by atoms with Gasteiger partial charge in [0.05, 0.1) is 0 Å². The Bertz CT molecular complexity index is 460. The van der Waals surface area contributed by atoms with Crippen molar-refractivity contribution in [1.29, 1.82) is 0 Å². The Morgan fingerprint density at radius 1 is 1.56 bits per heavy atom. The molecule has 0 radical (unpaired) electrons. The fourth-order valence-electron chi connectivity index (χ4n) is 1.80. The van der Waals surface area contributed by atoms with Gasteiger partial charge in [-0.05, 0) is 36.6 Å². The molecule has 0 aromatic heterocycles. The maximum Gasteiger partial charge on any atom is 0.248 e. The fourth-order valence-corrected chi connectivity index (χ4v) is 1.80. The molecule has 3 nitrogen and oxygen atoms in total. The van der Waals surface area contributed by atoms with Gasteiger partial charge in [-0.2, -0.15) is 0 Å². The molecule has 3 N–H and O–H groups in total. The lowest BCUT2D eigenvalue weighted by atomic mass is 10.0. The van der Waals surface area contributed by atoms with Gasteiger partial charge >= 0.3 is 0 Å². The summed E-state index contributed by atoms with van der Waals surface area (Å²) in [4.78, 5) is 11.0. The summed E-state index contributed by atoms with van der Waals surface area (Å²) < 4.78 is 0. The van der Waals surface area contributed by atoms with Crippen LogP contribution in [0.25, 0.3) is 0 Å². The second-order valence-electron chi connectivity index (χ2n) is 4.40. The van der Waals surface area contributed by atoms with E-state index in [2.05, 4.69) is 18.2 Å². The van der Waals surface area contributed by atoms with Crippen LogP contribution < -0.4 is 11.1 Å². The minimum atomic E-state index is -0.392. The molecule has 18 heavy (non-hydrogen) atoms. The molecule has 3 heteroatoms. The smallest absolute Gasteiger partial charge is 0.248 e. The van der Waals surface area contributed by atoms with E-state index in [0.717, 1.165) is 30.5 Å². The SMILES string of the molecule is C#CCC(CC)NCc1ccc(C(N)=O)cc1C. The van der Waals surface area contributed by atoms with E-state index in [9.17, 15) is 4.79 Å². The maximum atomic E-state index is 11.0. The molecule has 1 aromatic rings. The normalized spacial score (nSPS) is 11.8. The zero-order valence-electron chi connectivity index (χ0n) is 11.0. The topological polar surface area (TPSA) is 55.1 Å². The Morgan fingerprint density at radius 2 is 2.28 bits per heavy atom. The molecule has 0 aliphatic heterocycles. The number of benzene rings is 1. The van der Waals surface area contributed by atoms with Gasteiger partial charge < -0.3 is 11.1 Å². The van der Waals surface area contributed by atoms with Gasteiger partial charge in [-0.25, -0.2) is 0 Å². The summed E-state index contributed by atoms with van der Waals surface area (Å²) in [6.45, 7) is 4.84. The fraction of sp³-hybridized carbons (Fsp3) is 0.400. The zero-order valence-corrected chi connectivity index (χ0v) is 11.0. The Labute approximate surface area is 109 Å². The number of nitrogens with two attached hydrogens (primary N) is 1. The Kier molecular flexibility index (Phi) is 5.41. The maximum absolute atomic E-state index is 11.0. The third-order valence-corrected chi connectivity index (χ3v) is 3.07. The molecule has 0 saturated heterocycles. The molecule has 0 saturated carbocycles. The van der Waals surface area contributed by atoms with Gasteiger partial charge in [-0.3, -0.25) is 4.79 Å². The van der Waals surface area contributed by atoms with Crippen LogP contribution in [0, 0.1) is 19.3 Å². The summed E-state index contributed by atoms with van der Waals surface area (Å²) in [5.41, 5.74) is 8.01. The number of carbonyl (C=O) groups excluding carboxylic acids is 1. The Morgan fingerprint density at radius 3 is 2.78 bits per heavy atom. The number of aryl methyl sites for hydroxylation is 1. The summed E-state index contributed by atoms with van der Waals surface area (Å²) in [6, 6.07) is 5.85. The second-order valence-corrected chi connectivity index (χ2v) is 4.40. The van der Waals surface area contributed by atoms with Crippen LogP contribution in [-0.4, -0.2) is 11.9 Å². The minimum absolute atomic E-state index is 0.338. The predicted octanol–water partition coefficient (Wildman–Crippen LogP) is 1.99. The molecule has 0 spiro atoms. The van der Waals surface area contributed by atoms with Crippen LogP contribution in [0.2, 0.25) is 0 Å². The van der Waals surface area contributed by atoms with Crippen molar-refractivity contribution in [2.75, 3.05) is 0 Å². The van der Waals surface area contributed by atoms with Gasteiger partial charge in [-0.15, -0.1) is 12.3 Å². The molecule has 1 unspecified atom stereocenters. The molecule has 0 aliphatic rings. The third-order valence-electron chi connectivity index (χ3n) is 3.07. The average molecular weight is 244 g/mol. The predicted molar refractivity (Wildman–Crippen MR) is 74.1 cm³/mol. The highest BCUT2D eigenvalue weighted by Crippen LogP contribution is 2.11. The van der Waals surface area contributed by atoms with Crippen molar-refractivity contribution in [2.24, 2.45) is 5.73 Å². The molecule has 0 heterocycles. The first-order chi connectivity index (χ1) is 8.58. The number of terminal acetylenes is 1. The van der Waals surface area contributed by atoms with E-state index in [1.807, 2.05) is 19.1 Å². The largest absolute Gasteiger partial charge is 0.366 e. The van der Waals surface area contributed by atoms with Crippen molar-refractivity contribution in [2.45, 2.75) is 39.3 Å². The van der Waals surface area contributed by atoms with E-state index < -0.39 is 5.91 Å². The monoisotopic (exact) mass is 244 g/mol. The van der Waals surface area contributed by atoms with Crippen LogP contribution in [-0.2, 0) is 6.54 Å². The lowest BCUT2D eigenvalue weighted by molar-refractivity contribution is 0.1000. The van der Waals surface area contributed by atoms with E-state index in [0.29, 0.717) is 11.6 Å². The van der Waals surface area contributed by atoms with E-state index in [4.69, 9.17) is 12.2 Å². The standard InChI is InChI=1S/C15H20N2O/c1-4-6-14(5-2)17-10-13-8-7-12(15(16)18)9-11(13)3/h1,7-9,14,17H,5-6,10H2,2-3H3,(H2,16,18). The van der Waals surface area contributed by atoms with E-state index >= 15 is 0 Å². The van der Waals surface area contributed by atoms with Crippen LogP contribution in [0.15, 0.2) is 18.2 Å². The van der Waals surface area contributed by atoms with Gasteiger partial charge in [0.1, 0.15) is 0 Å². The summed E-state index contributed by atoms with van der Waals surface area (Å²) in [7, 11) is 0. The molecule has 0 fully saturated rings. The number of amides is 1. The molecular formula is C15H20N2O. The molecule has 96 valence electrons. The quantitative estimate of drug-likeness (QED) is 0.752. The number of primary amides is 1. The van der Waals surface area contributed by atoms with Crippen LogP contribution in [0.4, 0.5) is 0 Å². The van der Waals surface area contributed by atoms with Crippen molar-refractivity contribution >= 4 is 5.91 Å². The van der Waals surface area contributed by atoms with E-state index in [1.54, 1.807) is 6.07 Å². The van der Waals surface area contributed by atoms with Gasteiger partial charge in [-0.1, -0.05) is 13.0 Å². The van der Waals surface area contributed by atoms with Crippen LogP contribution in [0.1, 0.15) is 41.3 Å². The molecule has 1 rings (SSSR count). The molecule has 0 aliphatic carbocycles. The van der Waals surface area contributed by atoms with Crippen molar-refractivity contribution in [3.05, 3.63) is 34.9 Å². The Balaban J connectivity index is 2.68. The first kappa shape index (κ1) is 14.3. The first-order valence-electron chi connectivity index (χ1n) is 6.14. The van der Waals surface area contributed by atoms with Crippen LogP contribution in [0.3, 0.4) is 0 Å². The van der Waals surface area contributed by atoms with Crippen LogP contribution >= 0.6 is 0 Å². The number of hydrogen-bond acceptors (Lipinski definition) is 2. The van der Waals surface area contributed by atoms with Gasteiger partial charge in [0.2, 0.25) is 5.91 Å². The van der Waals surface area contributed by atoms with Crippen LogP contribution in [0.5, 0.6) is 0 Å². The minimum Gasteiger partial charge on any atom is -0.366 e. The van der Waals surface area contributed by atoms with Gasteiger partial charge in [0.25, 0.3) is 0 Å². The van der Waals surface area contributed by atoms with Crippen molar-refractivity contribution < 1.29 is 4.79 Å². The highest BCUT2D eigenvalue weighted by Gasteiger charge is 2.07. The first-order valence-corrected chi connectivity index (χ1v) is 6.14. The highest BCUT2D eigenvalue weighted by molar-refractivity contribution is 5.93. The highest BCUT2D eigenvalue weighted by atomic mass is 16.1. The average Bonchev–Trinajstić information content (AvgIpc) is 2.35. The van der Waals surface area contributed by atoms with Gasteiger partial charge in [0, 0.05) is 24.6 Å².